The van der Waals surface area contributed by atoms with E-state index in [0.717, 1.165) is 46.4 Å². The molecule has 0 spiro atoms. The molecule has 1 saturated carbocycles. The van der Waals surface area contributed by atoms with Crippen LogP contribution in [-0.2, 0) is 12.8 Å². The molecule has 6 nitrogen and oxygen atoms in total. The third-order valence-electron chi connectivity index (χ3n) is 7.64. The predicted molar refractivity (Wildman–Crippen MR) is 145 cm³/mol. The van der Waals surface area contributed by atoms with Crippen LogP contribution in [0.4, 0.5) is 0 Å². The largest absolute Gasteiger partial charge is 0.439 e. The first kappa shape index (κ1) is 22.3. The number of aromatic nitrogens is 4. The zero-order chi connectivity index (χ0) is 25.1. The Balaban J connectivity index is 1.36. The molecule has 0 bridgehead atoms. The summed E-state index contributed by atoms with van der Waals surface area (Å²) in [4.78, 5) is 19.2. The lowest BCUT2D eigenvalue weighted by Crippen LogP contribution is -2.11. The Labute approximate surface area is 218 Å². The van der Waals surface area contributed by atoms with Crippen molar-refractivity contribution < 1.29 is 4.52 Å². The summed E-state index contributed by atoms with van der Waals surface area (Å²) < 4.78 is 7.14. The second-order valence-corrected chi connectivity index (χ2v) is 10.4. The molecule has 7 rings (SSSR count). The summed E-state index contributed by atoms with van der Waals surface area (Å²) >= 11 is 6.54. The van der Waals surface area contributed by atoms with Crippen molar-refractivity contribution in [1.82, 2.24) is 19.7 Å². The van der Waals surface area contributed by atoms with Crippen molar-refractivity contribution in [2.45, 2.75) is 44.6 Å². The van der Waals surface area contributed by atoms with Gasteiger partial charge in [-0.15, -0.1) is 0 Å². The zero-order valence-corrected chi connectivity index (χ0v) is 21.1. The van der Waals surface area contributed by atoms with E-state index in [2.05, 4.69) is 64.1 Å². The number of hydrogen-bond donors (Lipinski definition) is 1. The molecule has 7 heteroatoms. The number of imidazole rings is 1. The minimum absolute atomic E-state index is 0.106. The summed E-state index contributed by atoms with van der Waals surface area (Å²) in [5.41, 5.74) is 9.08. The van der Waals surface area contributed by atoms with Crippen molar-refractivity contribution in [2.75, 3.05) is 0 Å². The number of rotatable bonds is 4. The third kappa shape index (κ3) is 3.83. The smallest absolute Gasteiger partial charge is 0.320 e. The molecule has 2 aromatic heterocycles. The minimum atomic E-state index is -0.558. The highest BCUT2D eigenvalue weighted by Crippen LogP contribution is 2.44. The van der Waals surface area contributed by atoms with Gasteiger partial charge in [-0.05, 0) is 84.2 Å². The number of aromatic amines is 1. The maximum absolute atomic E-state index is 11.6. The van der Waals surface area contributed by atoms with E-state index >= 15 is 0 Å². The monoisotopic (exact) mass is 508 g/mol. The lowest BCUT2D eigenvalue weighted by molar-refractivity contribution is 0.385. The zero-order valence-electron chi connectivity index (χ0n) is 20.4. The van der Waals surface area contributed by atoms with Crippen LogP contribution in [0, 0.1) is 0 Å². The highest BCUT2D eigenvalue weighted by molar-refractivity contribution is 6.34. The number of nitrogens with one attached hydrogen (secondary N) is 1. The number of nitrogens with zero attached hydrogens (tertiary/aromatic N) is 3. The van der Waals surface area contributed by atoms with E-state index in [1.54, 1.807) is 0 Å². The minimum Gasteiger partial charge on any atom is -0.320 e. The molecule has 2 aliphatic rings. The highest BCUT2D eigenvalue weighted by Gasteiger charge is 2.32. The van der Waals surface area contributed by atoms with Gasteiger partial charge in [0.1, 0.15) is 11.3 Å². The van der Waals surface area contributed by atoms with Gasteiger partial charge in [-0.3, -0.25) is 9.51 Å². The molecule has 0 saturated heterocycles. The highest BCUT2D eigenvalue weighted by atomic mass is 35.5. The SMILES string of the molecule is CC(c1ccc2c(c1)CCc1ccccc1C2=Cc1noc(=O)[nH]1)n1c(C2CC2)nc2c(Cl)cccc21. The van der Waals surface area contributed by atoms with Gasteiger partial charge >= 0.3 is 5.76 Å². The lowest BCUT2D eigenvalue weighted by atomic mass is 9.91. The van der Waals surface area contributed by atoms with Crippen LogP contribution in [-0.4, -0.2) is 19.7 Å². The van der Waals surface area contributed by atoms with Crippen molar-refractivity contribution >= 4 is 34.3 Å². The van der Waals surface area contributed by atoms with Crippen molar-refractivity contribution in [3.8, 4) is 0 Å². The molecular formula is C30H25ClN4O2. The first-order valence-corrected chi connectivity index (χ1v) is 13.1. The molecule has 2 heterocycles. The van der Waals surface area contributed by atoms with Gasteiger partial charge < -0.3 is 4.57 Å². The Morgan fingerprint density at radius 1 is 1.05 bits per heavy atom. The van der Waals surface area contributed by atoms with Crippen molar-refractivity contribution in [3.05, 3.63) is 116 Å². The Bertz CT molecular complexity index is 1760. The third-order valence-corrected chi connectivity index (χ3v) is 7.94. The summed E-state index contributed by atoms with van der Waals surface area (Å²) in [6.07, 6.45) is 6.12. The van der Waals surface area contributed by atoms with Crippen LogP contribution < -0.4 is 5.76 Å². The van der Waals surface area contributed by atoms with E-state index in [1.807, 2.05) is 24.3 Å². The number of fused-ring (bicyclic) bond motifs is 3. The van der Waals surface area contributed by atoms with E-state index < -0.39 is 5.76 Å². The molecule has 0 radical (unpaired) electrons. The van der Waals surface area contributed by atoms with Crippen LogP contribution in [0.3, 0.4) is 0 Å². The molecule has 184 valence electrons. The van der Waals surface area contributed by atoms with E-state index in [0.29, 0.717) is 16.8 Å². The fourth-order valence-electron chi connectivity index (χ4n) is 5.64. The van der Waals surface area contributed by atoms with E-state index in [1.165, 1.54) is 29.5 Å². The molecule has 0 amide bonds. The number of benzene rings is 3. The Morgan fingerprint density at radius 2 is 1.86 bits per heavy atom. The van der Waals surface area contributed by atoms with Gasteiger partial charge in [-0.1, -0.05) is 65.3 Å². The van der Waals surface area contributed by atoms with Gasteiger partial charge in [0.05, 0.1) is 16.6 Å². The molecule has 5 aromatic rings. The van der Waals surface area contributed by atoms with Gasteiger partial charge in [-0.25, -0.2) is 9.78 Å². The Hall–Kier alpha value is -3.90. The molecule has 1 N–H and O–H groups in total. The van der Waals surface area contributed by atoms with Crippen molar-refractivity contribution in [3.63, 3.8) is 0 Å². The molecule has 37 heavy (non-hydrogen) atoms. The van der Waals surface area contributed by atoms with Crippen molar-refractivity contribution in [2.24, 2.45) is 0 Å². The second-order valence-electron chi connectivity index (χ2n) is 10.0. The molecule has 0 aliphatic heterocycles. The molecule has 1 fully saturated rings. The first-order valence-electron chi connectivity index (χ1n) is 12.7. The number of para-hydroxylation sites is 1. The molecular weight excluding hydrogens is 484 g/mol. The Kier molecular flexibility index (Phi) is 5.18. The van der Waals surface area contributed by atoms with Gasteiger partial charge in [0.2, 0.25) is 0 Å². The topological polar surface area (TPSA) is 76.7 Å². The number of halogens is 1. The molecule has 1 unspecified atom stereocenters. The quantitative estimate of drug-likeness (QED) is 0.299. The van der Waals surface area contributed by atoms with Gasteiger partial charge in [0.25, 0.3) is 0 Å². The molecule has 1 atom stereocenters. The van der Waals surface area contributed by atoms with Gasteiger partial charge in [0, 0.05) is 5.92 Å². The predicted octanol–water partition coefficient (Wildman–Crippen LogP) is 6.54. The first-order chi connectivity index (χ1) is 18.1. The average Bonchev–Trinajstić information content (AvgIpc) is 3.59. The normalized spacial score (nSPS) is 17.0. The van der Waals surface area contributed by atoms with Gasteiger partial charge in [-0.2, -0.15) is 0 Å². The van der Waals surface area contributed by atoms with E-state index in [-0.39, 0.29) is 6.04 Å². The van der Waals surface area contributed by atoms with Crippen LogP contribution in [0.2, 0.25) is 5.02 Å². The van der Waals surface area contributed by atoms with Crippen molar-refractivity contribution in [1.29, 1.82) is 0 Å². The fraction of sp³-hybridized carbons (Fsp3) is 0.233. The molecule has 2 aliphatic carbocycles. The number of hydrogen-bond acceptors (Lipinski definition) is 4. The van der Waals surface area contributed by atoms with E-state index in [9.17, 15) is 4.79 Å². The van der Waals surface area contributed by atoms with E-state index in [4.69, 9.17) is 21.1 Å². The maximum Gasteiger partial charge on any atom is 0.439 e. The maximum atomic E-state index is 11.6. The molecule has 3 aromatic carbocycles. The summed E-state index contributed by atoms with van der Waals surface area (Å²) in [5, 5.41) is 4.59. The van der Waals surface area contributed by atoms with Crippen LogP contribution >= 0.6 is 11.6 Å². The van der Waals surface area contributed by atoms with Crippen LogP contribution in [0.15, 0.2) is 70.0 Å². The summed E-state index contributed by atoms with van der Waals surface area (Å²) in [6.45, 7) is 2.25. The van der Waals surface area contributed by atoms with Crippen LogP contribution in [0.1, 0.15) is 71.2 Å². The van der Waals surface area contributed by atoms with Gasteiger partial charge in [0.15, 0.2) is 5.82 Å². The van der Waals surface area contributed by atoms with Crippen LogP contribution in [0.5, 0.6) is 0 Å². The standard InChI is InChI=1S/C30H25ClN4O2/c1-17(35-26-8-4-7-25(31)28(26)33-29(35)19-10-11-19)20-13-14-23-21(15-20)12-9-18-5-2-3-6-22(18)24(23)16-27-32-30(36)37-34-27/h2-8,13-17,19H,9-12H2,1H3,(H,32,34,36). The number of aryl methyl sites for hydroxylation is 2. The number of H-pyrrole nitrogens is 1. The summed E-state index contributed by atoms with van der Waals surface area (Å²) in [5.74, 6) is 1.49. The lowest BCUT2D eigenvalue weighted by Gasteiger charge is -2.20. The second kappa shape index (κ2) is 8.60. The summed E-state index contributed by atoms with van der Waals surface area (Å²) in [6, 6.07) is 21.3. The van der Waals surface area contributed by atoms with Crippen LogP contribution in [0.25, 0.3) is 22.7 Å². The summed E-state index contributed by atoms with van der Waals surface area (Å²) in [7, 11) is 0. The fourth-order valence-corrected chi connectivity index (χ4v) is 5.85. The Morgan fingerprint density at radius 3 is 2.68 bits per heavy atom. The average molecular weight is 509 g/mol.